The molecule has 1 amide bonds. The van der Waals surface area contributed by atoms with E-state index in [1.807, 2.05) is 6.92 Å². The number of halogens is 1. The lowest BCUT2D eigenvalue weighted by atomic mass is 10.2. The van der Waals surface area contributed by atoms with E-state index in [1.54, 1.807) is 4.90 Å². The summed E-state index contributed by atoms with van der Waals surface area (Å²) in [5.74, 6) is 0.760. The molecule has 3 rings (SSSR count). The summed E-state index contributed by atoms with van der Waals surface area (Å²) in [4.78, 5) is 19.4. The first-order chi connectivity index (χ1) is 9.19. The molecule has 2 fully saturated rings. The monoisotopic (exact) mass is 282 g/mol. The van der Waals surface area contributed by atoms with Gasteiger partial charge >= 0.3 is 0 Å². The Morgan fingerprint density at radius 1 is 1.47 bits per heavy atom. The number of thiazole rings is 1. The Morgan fingerprint density at radius 3 is 2.95 bits per heavy atom. The van der Waals surface area contributed by atoms with Gasteiger partial charge in [-0.25, -0.2) is 9.37 Å². The molecule has 0 bridgehead atoms. The van der Waals surface area contributed by atoms with Crippen LogP contribution in [0.2, 0.25) is 0 Å². The fourth-order valence-corrected chi connectivity index (χ4v) is 3.84. The molecule has 1 unspecified atom stereocenters. The highest BCUT2D eigenvalue weighted by atomic mass is 32.1. The number of carbonyl (C=O) groups excluding carboxylic acids is 1. The van der Waals surface area contributed by atoms with Crippen LogP contribution in [0.4, 0.5) is 4.39 Å². The fraction of sp³-hybridized carbons (Fsp3) is 0.714. The average molecular weight is 282 g/mol. The molecular weight excluding hydrogens is 263 g/mol. The van der Waals surface area contributed by atoms with Gasteiger partial charge in [0.1, 0.15) is 11.6 Å². The van der Waals surface area contributed by atoms with E-state index in [2.05, 4.69) is 4.98 Å². The van der Waals surface area contributed by atoms with Crippen LogP contribution in [-0.2, 0) is 6.42 Å². The summed E-state index contributed by atoms with van der Waals surface area (Å²) < 4.78 is 12.9. The largest absolute Gasteiger partial charge is 0.332 e. The first-order valence-electron chi connectivity index (χ1n) is 7.02. The molecule has 2 aliphatic rings. The van der Waals surface area contributed by atoms with Crippen molar-refractivity contribution in [2.75, 3.05) is 13.2 Å². The lowest BCUT2D eigenvalue weighted by molar-refractivity contribution is 0.0720. The Hall–Kier alpha value is -0.970. The van der Waals surface area contributed by atoms with E-state index >= 15 is 0 Å². The molecule has 0 aromatic carbocycles. The van der Waals surface area contributed by atoms with Gasteiger partial charge in [0.25, 0.3) is 5.91 Å². The number of nitrogens with zero attached hydrogens (tertiary/aromatic N) is 2. The third-order valence-electron chi connectivity index (χ3n) is 4.01. The van der Waals surface area contributed by atoms with Gasteiger partial charge in [-0.3, -0.25) is 4.79 Å². The molecule has 1 atom stereocenters. The smallest absolute Gasteiger partial charge is 0.266 e. The van der Waals surface area contributed by atoms with Gasteiger partial charge in [-0.1, -0.05) is 0 Å². The number of rotatable bonds is 4. The van der Waals surface area contributed by atoms with Crippen LogP contribution in [0.15, 0.2) is 0 Å². The molecule has 1 aliphatic carbocycles. The molecule has 1 aromatic heterocycles. The van der Waals surface area contributed by atoms with Gasteiger partial charge in [0.05, 0.1) is 16.7 Å². The Labute approximate surface area is 116 Å². The molecule has 1 aliphatic heterocycles. The summed E-state index contributed by atoms with van der Waals surface area (Å²) in [5.41, 5.74) is 0.815. The number of hydrogen-bond acceptors (Lipinski definition) is 3. The summed E-state index contributed by atoms with van der Waals surface area (Å²) in [5, 5.41) is 1.07. The van der Waals surface area contributed by atoms with E-state index in [0.29, 0.717) is 6.54 Å². The maximum atomic E-state index is 12.9. The van der Waals surface area contributed by atoms with E-state index in [1.165, 1.54) is 24.2 Å². The van der Waals surface area contributed by atoms with Crippen LogP contribution in [0.25, 0.3) is 0 Å². The number of hydrogen-bond donors (Lipinski definition) is 0. The fourth-order valence-electron chi connectivity index (χ4n) is 2.70. The maximum Gasteiger partial charge on any atom is 0.266 e. The number of carbonyl (C=O) groups is 1. The van der Waals surface area contributed by atoms with Gasteiger partial charge in [0.2, 0.25) is 0 Å². The van der Waals surface area contributed by atoms with Gasteiger partial charge < -0.3 is 4.90 Å². The van der Waals surface area contributed by atoms with Crippen LogP contribution >= 0.6 is 11.3 Å². The lowest BCUT2D eigenvalue weighted by Crippen LogP contribution is -2.36. The number of aryl methyl sites for hydroxylation is 1. The predicted molar refractivity (Wildman–Crippen MR) is 73.3 cm³/mol. The van der Waals surface area contributed by atoms with E-state index in [0.717, 1.165) is 40.8 Å². The standard InChI is InChI=1S/C14H19FN2OS/c1-9-13(19-12(16-9)7-10-4-5-10)14(18)17-6-2-3-11(17)8-15/h10-11H,2-8H2,1H3. The van der Waals surface area contributed by atoms with E-state index in [4.69, 9.17) is 0 Å². The van der Waals surface area contributed by atoms with Gasteiger partial charge in [0.15, 0.2) is 0 Å². The van der Waals surface area contributed by atoms with Crippen molar-refractivity contribution in [2.24, 2.45) is 5.92 Å². The molecule has 2 heterocycles. The minimum atomic E-state index is -0.432. The zero-order valence-corrected chi connectivity index (χ0v) is 12.0. The molecule has 0 N–H and O–H groups in total. The second-order valence-electron chi connectivity index (χ2n) is 5.62. The molecular formula is C14H19FN2OS. The Kier molecular flexibility index (Phi) is 3.56. The number of alkyl halides is 1. The summed E-state index contributed by atoms with van der Waals surface area (Å²) in [6, 6.07) is -0.221. The Morgan fingerprint density at radius 2 is 2.26 bits per heavy atom. The van der Waals surface area contributed by atoms with Crippen molar-refractivity contribution in [3.05, 3.63) is 15.6 Å². The topological polar surface area (TPSA) is 33.2 Å². The van der Waals surface area contributed by atoms with Crippen molar-refractivity contribution in [3.8, 4) is 0 Å². The van der Waals surface area contributed by atoms with Crippen LogP contribution in [0, 0.1) is 12.8 Å². The maximum absolute atomic E-state index is 12.9. The molecule has 0 spiro atoms. The Balaban J connectivity index is 1.76. The highest BCUT2D eigenvalue weighted by molar-refractivity contribution is 7.13. The number of amides is 1. The first kappa shape index (κ1) is 13.0. The quantitative estimate of drug-likeness (QED) is 0.850. The van der Waals surface area contributed by atoms with Crippen molar-refractivity contribution in [2.45, 2.75) is 45.1 Å². The summed E-state index contributed by atoms with van der Waals surface area (Å²) in [6.45, 7) is 2.14. The third kappa shape index (κ3) is 2.66. The van der Waals surface area contributed by atoms with Crippen molar-refractivity contribution in [1.82, 2.24) is 9.88 Å². The van der Waals surface area contributed by atoms with Gasteiger partial charge in [0, 0.05) is 13.0 Å². The van der Waals surface area contributed by atoms with Crippen LogP contribution in [-0.4, -0.2) is 35.1 Å². The lowest BCUT2D eigenvalue weighted by Gasteiger charge is -2.21. The van der Waals surface area contributed by atoms with Crippen molar-refractivity contribution in [3.63, 3.8) is 0 Å². The zero-order chi connectivity index (χ0) is 13.4. The van der Waals surface area contributed by atoms with E-state index in [9.17, 15) is 9.18 Å². The molecule has 1 saturated heterocycles. The number of likely N-dealkylation sites (tertiary alicyclic amines) is 1. The van der Waals surface area contributed by atoms with Crippen LogP contribution in [0.5, 0.6) is 0 Å². The first-order valence-corrected chi connectivity index (χ1v) is 7.84. The molecule has 104 valence electrons. The highest BCUT2D eigenvalue weighted by Crippen LogP contribution is 2.35. The normalized spacial score (nSPS) is 23.1. The summed E-state index contributed by atoms with van der Waals surface area (Å²) in [6.07, 6.45) is 5.28. The van der Waals surface area contributed by atoms with Gasteiger partial charge in [-0.2, -0.15) is 0 Å². The molecule has 5 heteroatoms. The average Bonchev–Trinajstić information content (AvgIpc) is 2.95. The summed E-state index contributed by atoms with van der Waals surface area (Å²) >= 11 is 1.51. The predicted octanol–water partition coefficient (Wildman–Crippen LogP) is 2.98. The highest BCUT2D eigenvalue weighted by Gasteiger charge is 2.32. The third-order valence-corrected chi connectivity index (χ3v) is 5.18. The molecule has 1 aromatic rings. The van der Waals surface area contributed by atoms with Gasteiger partial charge in [-0.05, 0) is 38.5 Å². The SMILES string of the molecule is Cc1nc(CC2CC2)sc1C(=O)N1CCCC1CF. The Bertz CT molecular complexity index is 484. The van der Waals surface area contributed by atoms with E-state index in [-0.39, 0.29) is 11.9 Å². The van der Waals surface area contributed by atoms with Crippen LogP contribution < -0.4 is 0 Å². The van der Waals surface area contributed by atoms with Crippen molar-refractivity contribution >= 4 is 17.2 Å². The van der Waals surface area contributed by atoms with Crippen molar-refractivity contribution < 1.29 is 9.18 Å². The summed E-state index contributed by atoms with van der Waals surface area (Å²) in [7, 11) is 0. The zero-order valence-electron chi connectivity index (χ0n) is 11.2. The minimum Gasteiger partial charge on any atom is -0.332 e. The van der Waals surface area contributed by atoms with Crippen molar-refractivity contribution in [1.29, 1.82) is 0 Å². The number of aromatic nitrogens is 1. The molecule has 19 heavy (non-hydrogen) atoms. The van der Waals surface area contributed by atoms with E-state index < -0.39 is 6.67 Å². The second kappa shape index (κ2) is 5.19. The molecule has 0 radical (unpaired) electrons. The second-order valence-corrected chi connectivity index (χ2v) is 6.70. The molecule has 3 nitrogen and oxygen atoms in total. The minimum absolute atomic E-state index is 0.0165. The van der Waals surface area contributed by atoms with Crippen LogP contribution in [0.1, 0.15) is 46.1 Å². The van der Waals surface area contributed by atoms with Gasteiger partial charge in [-0.15, -0.1) is 11.3 Å². The molecule has 1 saturated carbocycles. The van der Waals surface area contributed by atoms with Crippen LogP contribution in [0.3, 0.4) is 0 Å².